The van der Waals surface area contributed by atoms with E-state index in [2.05, 4.69) is 15.6 Å². The van der Waals surface area contributed by atoms with Crippen LogP contribution in [0.25, 0.3) is 0 Å². The molecule has 0 aromatic carbocycles. The molecular weight excluding hydrogens is 222 g/mol. The predicted molar refractivity (Wildman–Crippen MR) is 64.2 cm³/mol. The lowest BCUT2D eigenvalue weighted by molar-refractivity contribution is -0.122. The van der Waals surface area contributed by atoms with Crippen LogP contribution in [0.4, 0.5) is 0 Å². The molecule has 2 heterocycles. The fourth-order valence-corrected chi connectivity index (χ4v) is 2.49. The molecule has 1 amide bonds. The van der Waals surface area contributed by atoms with Crippen molar-refractivity contribution in [3.63, 3.8) is 0 Å². The Balaban J connectivity index is 1.67. The van der Waals surface area contributed by atoms with Crippen LogP contribution in [0.3, 0.4) is 0 Å². The van der Waals surface area contributed by atoms with Crippen molar-refractivity contribution in [2.45, 2.75) is 25.8 Å². The number of piperidine rings is 1. The molecule has 4 nitrogen and oxygen atoms in total. The summed E-state index contributed by atoms with van der Waals surface area (Å²) in [7, 11) is 0. The zero-order valence-corrected chi connectivity index (χ0v) is 10.1. The molecule has 0 bridgehead atoms. The molecule has 1 aromatic heterocycles. The van der Waals surface area contributed by atoms with E-state index >= 15 is 0 Å². The van der Waals surface area contributed by atoms with Crippen molar-refractivity contribution in [1.29, 1.82) is 0 Å². The third kappa shape index (κ3) is 3.57. The number of carbonyl (C=O) groups excluding carboxylic acids is 1. The Kier molecular flexibility index (Phi) is 4.30. The van der Waals surface area contributed by atoms with Gasteiger partial charge >= 0.3 is 0 Å². The molecule has 1 saturated heterocycles. The molecule has 2 rings (SSSR count). The van der Waals surface area contributed by atoms with Gasteiger partial charge < -0.3 is 10.6 Å². The summed E-state index contributed by atoms with van der Waals surface area (Å²) in [6.45, 7) is 2.66. The molecule has 1 aromatic rings. The first kappa shape index (κ1) is 11.5. The average Bonchev–Trinajstić information content (AvgIpc) is 2.81. The van der Waals surface area contributed by atoms with Gasteiger partial charge in [-0.3, -0.25) is 4.79 Å². The highest BCUT2D eigenvalue weighted by Gasteiger charge is 2.16. The molecule has 1 fully saturated rings. The van der Waals surface area contributed by atoms with Crippen LogP contribution >= 0.6 is 11.3 Å². The summed E-state index contributed by atoms with van der Waals surface area (Å²) in [5.41, 5.74) is 0. The third-order valence-electron chi connectivity index (χ3n) is 2.85. The minimum absolute atomic E-state index is 0.155. The van der Waals surface area contributed by atoms with Gasteiger partial charge in [-0.05, 0) is 31.8 Å². The van der Waals surface area contributed by atoms with Crippen molar-refractivity contribution in [1.82, 2.24) is 15.6 Å². The van der Waals surface area contributed by atoms with Gasteiger partial charge in [-0.1, -0.05) is 0 Å². The Morgan fingerprint density at radius 2 is 2.38 bits per heavy atom. The van der Waals surface area contributed by atoms with Crippen molar-refractivity contribution < 1.29 is 4.79 Å². The lowest BCUT2D eigenvalue weighted by Gasteiger charge is -2.21. The lowest BCUT2D eigenvalue weighted by atomic mass is 9.94. The maximum Gasteiger partial charge on any atom is 0.220 e. The SMILES string of the molecule is O=C(CC1CCNCC1)NCc1nccs1. The highest BCUT2D eigenvalue weighted by Crippen LogP contribution is 2.15. The van der Waals surface area contributed by atoms with Crippen molar-refractivity contribution in [2.75, 3.05) is 13.1 Å². The molecule has 1 aliphatic rings. The minimum atomic E-state index is 0.155. The van der Waals surface area contributed by atoms with Crippen LogP contribution in [0.1, 0.15) is 24.3 Å². The monoisotopic (exact) mass is 239 g/mol. The number of hydrogen-bond acceptors (Lipinski definition) is 4. The highest BCUT2D eigenvalue weighted by molar-refractivity contribution is 7.09. The number of amides is 1. The fourth-order valence-electron chi connectivity index (χ4n) is 1.93. The largest absolute Gasteiger partial charge is 0.350 e. The zero-order chi connectivity index (χ0) is 11.2. The number of hydrogen-bond donors (Lipinski definition) is 2. The van der Waals surface area contributed by atoms with Crippen LogP contribution in [-0.2, 0) is 11.3 Å². The Morgan fingerprint density at radius 3 is 3.06 bits per heavy atom. The molecule has 0 saturated carbocycles. The van der Waals surface area contributed by atoms with Gasteiger partial charge in [-0.25, -0.2) is 4.98 Å². The Hall–Kier alpha value is -0.940. The van der Waals surface area contributed by atoms with Gasteiger partial charge in [0.05, 0.1) is 6.54 Å². The molecule has 1 aliphatic heterocycles. The predicted octanol–water partition coefficient (Wildman–Crippen LogP) is 1.15. The standard InChI is InChI=1S/C11H17N3OS/c15-10(7-9-1-3-12-4-2-9)14-8-11-13-5-6-16-11/h5-6,9,12H,1-4,7-8H2,(H,14,15). The lowest BCUT2D eigenvalue weighted by Crippen LogP contribution is -2.32. The molecule has 0 atom stereocenters. The van der Waals surface area contributed by atoms with E-state index in [0.717, 1.165) is 30.9 Å². The summed E-state index contributed by atoms with van der Waals surface area (Å²) in [5.74, 6) is 0.708. The Morgan fingerprint density at radius 1 is 1.56 bits per heavy atom. The van der Waals surface area contributed by atoms with Crippen LogP contribution in [0, 0.1) is 5.92 Å². The summed E-state index contributed by atoms with van der Waals surface area (Å²) < 4.78 is 0. The summed E-state index contributed by atoms with van der Waals surface area (Å²) in [5, 5.41) is 9.12. The molecule has 16 heavy (non-hydrogen) atoms. The van der Waals surface area contributed by atoms with E-state index in [1.165, 1.54) is 0 Å². The van der Waals surface area contributed by atoms with Gasteiger partial charge in [-0.2, -0.15) is 0 Å². The van der Waals surface area contributed by atoms with Crippen molar-refractivity contribution in [2.24, 2.45) is 5.92 Å². The van der Waals surface area contributed by atoms with Gasteiger partial charge in [0, 0.05) is 18.0 Å². The van der Waals surface area contributed by atoms with E-state index in [0.29, 0.717) is 18.9 Å². The second-order valence-electron chi connectivity index (χ2n) is 4.10. The molecule has 2 N–H and O–H groups in total. The van der Waals surface area contributed by atoms with E-state index in [1.807, 2.05) is 5.38 Å². The zero-order valence-electron chi connectivity index (χ0n) is 9.24. The molecule has 5 heteroatoms. The van der Waals surface area contributed by atoms with E-state index in [-0.39, 0.29) is 5.91 Å². The number of aromatic nitrogens is 1. The second kappa shape index (κ2) is 5.96. The third-order valence-corrected chi connectivity index (χ3v) is 3.63. The molecule has 0 radical (unpaired) electrons. The highest BCUT2D eigenvalue weighted by atomic mass is 32.1. The summed E-state index contributed by atoms with van der Waals surface area (Å²) in [6, 6.07) is 0. The quantitative estimate of drug-likeness (QED) is 0.828. The number of nitrogens with one attached hydrogen (secondary N) is 2. The van der Waals surface area contributed by atoms with Gasteiger partial charge in [0.15, 0.2) is 0 Å². The van der Waals surface area contributed by atoms with Crippen LogP contribution in [0.5, 0.6) is 0 Å². The fraction of sp³-hybridized carbons (Fsp3) is 0.636. The topological polar surface area (TPSA) is 54.0 Å². The molecule has 0 unspecified atom stereocenters. The minimum Gasteiger partial charge on any atom is -0.350 e. The smallest absolute Gasteiger partial charge is 0.220 e. The Bertz CT molecular complexity index is 320. The summed E-state index contributed by atoms with van der Waals surface area (Å²) >= 11 is 1.58. The number of nitrogens with zero attached hydrogens (tertiary/aromatic N) is 1. The first-order valence-corrected chi connectivity index (χ1v) is 6.58. The van der Waals surface area contributed by atoms with E-state index in [4.69, 9.17) is 0 Å². The van der Waals surface area contributed by atoms with E-state index in [9.17, 15) is 4.79 Å². The number of rotatable bonds is 4. The molecule has 0 aliphatic carbocycles. The first-order chi connectivity index (χ1) is 7.84. The second-order valence-corrected chi connectivity index (χ2v) is 5.08. The van der Waals surface area contributed by atoms with Gasteiger partial charge in [0.2, 0.25) is 5.91 Å². The maximum atomic E-state index is 11.7. The van der Waals surface area contributed by atoms with Gasteiger partial charge in [0.1, 0.15) is 5.01 Å². The van der Waals surface area contributed by atoms with Crippen molar-refractivity contribution in [3.8, 4) is 0 Å². The van der Waals surface area contributed by atoms with Gasteiger partial charge in [0.25, 0.3) is 0 Å². The average molecular weight is 239 g/mol. The van der Waals surface area contributed by atoms with Crippen LogP contribution in [0.15, 0.2) is 11.6 Å². The van der Waals surface area contributed by atoms with Crippen molar-refractivity contribution in [3.05, 3.63) is 16.6 Å². The molecular formula is C11H17N3OS. The maximum absolute atomic E-state index is 11.7. The first-order valence-electron chi connectivity index (χ1n) is 5.70. The van der Waals surface area contributed by atoms with Crippen LogP contribution in [0.2, 0.25) is 0 Å². The van der Waals surface area contributed by atoms with Gasteiger partial charge in [-0.15, -0.1) is 11.3 Å². The van der Waals surface area contributed by atoms with Crippen molar-refractivity contribution >= 4 is 17.2 Å². The normalized spacial score (nSPS) is 17.2. The Labute approximate surface area is 99.5 Å². The molecule has 88 valence electrons. The number of carbonyl (C=O) groups is 1. The molecule has 0 spiro atoms. The van der Waals surface area contributed by atoms with E-state index < -0.39 is 0 Å². The van der Waals surface area contributed by atoms with E-state index in [1.54, 1.807) is 17.5 Å². The van der Waals surface area contributed by atoms with Crippen LogP contribution < -0.4 is 10.6 Å². The summed E-state index contributed by atoms with van der Waals surface area (Å²) in [4.78, 5) is 15.8. The van der Waals surface area contributed by atoms with Crippen LogP contribution in [-0.4, -0.2) is 24.0 Å². The summed E-state index contributed by atoms with van der Waals surface area (Å²) in [6.07, 6.45) is 4.65. The number of thiazole rings is 1.